The Morgan fingerprint density at radius 1 is 0.931 bits per heavy atom. The molecule has 1 N–H and O–H groups in total. The summed E-state index contributed by atoms with van der Waals surface area (Å²) in [4.78, 5) is 12.1. The molecule has 0 radical (unpaired) electrons. The molecule has 0 aliphatic rings. The lowest BCUT2D eigenvalue weighted by Gasteiger charge is -2.19. The summed E-state index contributed by atoms with van der Waals surface area (Å²) in [7, 11) is -2.22. The fourth-order valence-electron chi connectivity index (χ4n) is 2.57. The van der Waals surface area contributed by atoms with Crippen molar-refractivity contribution in [2.45, 2.75) is 4.90 Å². The van der Waals surface area contributed by atoms with E-state index in [0.29, 0.717) is 16.9 Å². The predicted molar refractivity (Wildman–Crippen MR) is 113 cm³/mol. The third-order valence-corrected chi connectivity index (χ3v) is 6.00. The van der Waals surface area contributed by atoms with Crippen LogP contribution in [0.4, 0.5) is 15.8 Å². The van der Waals surface area contributed by atoms with Crippen molar-refractivity contribution in [1.82, 2.24) is 0 Å². The first-order valence-corrected chi connectivity index (χ1v) is 10.2. The number of nitrogens with one attached hydrogen (secondary N) is 1. The van der Waals surface area contributed by atoms with E-state index in [1.807, 2.05) is 6.07 Å². The number of hydrogen-bond acceptors (Lipinski definition) is 3. The van der Waals surface area contributed by atoms with Gasteiger partial charge >= 0.3 is 0 Å². The molecule has 0 bridgehead atoms. The van der Waals surface area contributed by atoms with Crippen molar-refractivity contribution < 1.29 is 17.6 Å². The minimum atomic E-state index is -3.71. The number of benzene rings is 3. The molecule has 0 spiro atoms. The van der Waals surface area contributed by atoms with E-state index < -0.39 is 10.0 Å². The van der Waals surface area contributed by atoms with E-state index in [9.17, 15) is 17.6 Å². The van der Waals surface area contributed by atoms with Crippen molar-refractivity contribution in [2.75, 3.05) is 16.7 Å². The van der Waals surface area contributed by atoms with Crippen molar-refractivity contribution in [1.29, 1.82) is 0 Å². The number of anilines is 2. The summed E-state index contributed by atoms with van der Waals surface area (Å²) in [6, 6.07) is 20.4. The van der Waals surface area contributed by atoms with Gasteiger partial charge in [0.2, 0.25) is 5.91 Å². The minimum Gasteiger partial charge on any atom is -0.323 e. The van der Waals surface area contributed by atoms with Crippen molar-refractivity contribution in [3.8, 4) is 0 Å². The minimum absolute atomic E-state index is 0.115. The number of carbonyl (C=O) groups is 1. The number of para-hydroxylation sites is 1. The number of amides is 1. The van der Waals surface area contributed by atoms with Gasteiger partial charge in [-0.1, -0.05) is 30.3 Å². The Morgan fingerprint density at radius 3 is 2.17 bits per heavy atom. The summed E-state index contributed by atoms with van der Waals surface area (Å²) in [5, 5.41) is 2.65. The van der Waals surface area contributed by atoms with Gasteiger partial charge in [0.1, 0.15) is 5.82 Å². The number of rotatable bonds is 6. The lowest BCUT2D eigenvalue weighted by molar-refractivity contribution is -0.111. The third kappa shape index (κ3) is 5.08. The van der Waals surface area contributed by atoms with Gasteiger partial charge in [-0.05, 0) is 60.2 Å². The average molecular weight is 410 g/mol. The summed E-state index contributed by atoms with van der Waals surface area (Å²) in [5.74, 6) is -0.731. The Morgan fingerprint density at radius 2 is 1.55 bits per heavy atom. The molecule has 0 aliphatic carbocycles. The van der Waals surface area contributed by atoms with Gasteiger partial charge in [0.05, 0.1) is 10.6 Å². The summed E-state index contributed by atoms with van der Waals surface area (Å²) in [6.07, 6.45) is 2.88. The molecule has 0 unspecified atom stereocenters. The molecule has 7 heteroatoms. The molecule has 0 heterocycles. The van der Waals surface area contributed by atoms with Crippen LogP contribution >= 0.6 is 0 Å². The van der Waals surface area contributed by atoms with Gasteiger partial charge < -0.3 is 5.32 Å². The van der Waals surface area contributed by atoms with Gasteiger partial charge in [-0.25, -0.2) is 12.8 Å². The van der Waals surface area contributed by atoms with E-state index in [-0.39, 0.29) is 16.6 Å². The zero-order chi connectivity index (χ0) is 20.9. The smallest absolute Gasteiger partial charge is 0.264 e. The van der Waals surface area contributed by atoms with E-state index in [1.165, 1.54) is 53.8 Å². The summed E-state index contributed by atoms with van der Waals surface area (Å²) < 4.78 is 39.6. The van der Waals surface area contributed by atoms with Crippen LogP contribution in [-0.2, 0) is 14.8 Å². The lowest BCUT2D eigenvalue weighted by atomic mass is 10.2. The Labute approximate surface area is 169 Å². The average Bonchev–Trinajstić information content (AvgIpc) is 2.74. The Kier molecular flexibility index (Phi) is 6.09. The molecule has 0 saturated heterocycles. The molecule has 29 heavy (non-hydrogen) atoms. The number of carbonyl (C=O) groups excluding carboxylic acids is 1. The largest absolute Gasteiger partial charge is 0.323 e. The molecule has 3 rings (SSSR count). The summed E-state index contributed by atoms with van der Waals surface area (Å²) in [5.41, 5.74) is 1.70. The fourth-order valence-corrected chi connectivity index (χ4v) is 3.77. The summed E-state index contributed by atoms with van der Waals surface area (Å²) in [6.45, 7) is 0. The molecule has 5 nitrogen and oxygen atoms in total. The molecule has 3 aromatic rings. The molecule has 0 aliphatic heterocycles. The zero-order valence-corrected chi connectivity index (χ0v) is 16.4. The second-order valence-electron chi connectivity index (χ2n) is 6.21. The van der Waals surface area contributed by atoms with Crippen LogP contribution in [-0.4, -0.2) is 21.4 Å². The number of hydrogen-bond donors (Lipinski definition) is 1. The molecule has 148 valence electrons. The van der Waals surface area contributed by atoms with Crippen molar-refractivity contribution in [2.24, 2.45) is 0 Å². The van der Waals surface area contributed by atoms with E-state index in [0.717, 1.165) is 0 Å². The SMILES string of the molecule is CN(c1ccccc1)S(=O)(=O)c1ccc(NC(=O)C=Cc2ccc(F)cc2)cc1. The predicted octanol–water partition coefficient (Wildman–Crippen LogP) is 4.30. The molecule has 1 amide bonds. The van der Waals surface area contributed by atoms with E-state index >= 15 is 0 Å². The highest BCUT2D eigenvalue weighted by Gasteiger charge is 2.20. The van der Waals surface area contributed by atoms with Crippen LogP contribution in [0, 0.1) is 5.82 Å². The second kappa shape index (κ2) is 8.70. The molecule has 0 aromatic heterocycles. The zero-order valence-electron chi connectivity index (χ0n) is 15.6. The topological polar surface area (TPSA) is 66.5 Å². The van der Waals surface area contributed by atoms with E-state index in [2.05, 4.69) is 5.32 Å². The van der Waals surface area contributed by atoms with Gasteiger partial charge in [0.25, 0.3) is 10.0 Å². The van der Waals surface area contributed by atoms with Crippen LogP contribution in [0.15, 0.2) is 89.8 Å². The Bertz CT molecular complexity index is 1110. The van der Waals surface area contributed by atoms with Crippen LogP contribution < -0.4 is 9.62 Å². The number of nitrogens with zero attached hydrogens (tertiary/aromatic N) is 1. The van der Waals surface area contributed by atoms with E-state index in [1.54, 1.807) is 42.5 Å². The number of sulfonamides is 1. The second-order valence-corrected chi connectivity index (χ2v) is 8.18. The van der Waals surface area contributed by atoms with Crippen LogP contribution in [0.2, 0.25) is 0 Å². The standard InChI is InChI=1S/C22H19FN2O3S/c1-25(20-5-3-2-4-6-20)29(27,28)21-14-12-19(13-15-21)24-22(26)16-9-17-7-10-18(23)11-8-17/h2-16H,1H3,(H,24,26). The fraction of sp³-hybridized carbons (Fsp3) is 0.0455. The molecular weight excluding hydrogens is 391 g/mol. The highest BCUT2D eigenvalue weighted by atomic mass is 32.2. The van der Waals surface area contributed by atoms with Crippen LogP contribution in [0.5, 0.6) is 0 Å². The first-order chi connectivity index (χ1) is 13.9. The van der Waals surface area contributed by atoms with Crippen molar-refractivity contribution in [3.63, 3.8) is 0 Å². The van der Waals surface area contributed by atoms with E-state index in [4.69, 9.17) is 0 Å². The van der Waals surface area contributed by atoms with Gasteiger partial charge in [0.15, 0.2) is 0 Å². The highest BCUT2D eigenvalue weighted by Crippen LogP contribution is 2.22. The quantitative estimate of drug-likeness (QED) is 0.616. The van der Waals surface area contributed by atoms with Gasteiger partial charge in [-0.15, -0.1) is 0 Å². The first-order valence-electron chi connectivity index (χ1n) is 8.75. The maximum absolute atomic E-state index is 12.9. The molecule has 0 atom stereocenters. The highest BCUT2D eigenvalue weighted by molar-refractivity contribution is 7.92. The molecule has 0 fully saturated rings. The molecule has 3 aromatic carbocycles. The van der Waals surface area contributed by atoms with Gasteiger partial charge in [0, 0.05) is 18.8 Å². The monoisotopic (exact) mass is 410 g/mol. The van der Waals surface area contributed by atoms with Gasteiger partial charge in [-0.2, -0.15) is 0 Å². The Hall–Kier alpha value is -3.45. The lowest BCUT2D eigenvalue weighted by Crippen LogP contribution is -2.26. The first kappa shape index (κ1) is 20.3. The Balaban J connectivity index is 1.68. The molecular formula is C22H19FN2O3S. The van der Waals surface area contributed by atoms with Crippen molar-refractivity contribution >= 4 is 33.4 Å². The maximum Gasteiger partial charge on any atom is 0.264 e. The van der Waals surface area contributed by atoms with Crippen LogP contribution in [0.3, 0.4) is 0 Å². The molecule has 0 saturated carbocycles. The van der Waals surface area contributed by atoms with Crippen molar-refractivity contribution in [3.05, 3.63) is 96.3 Å². The summed E-state index contributed by atoms with van der Waals surface area (Å²) >= 11 is 0. The van der Waals surface area contributed by atoms with Crippen LogP contribution in [0.25, 0.3) is 6.08 Å². The third-order valence-electron chi connectivity index (χ3n) is 4.20. The maximum atomic E-state index is 12.9. The van der Waals surface area contributed by atoms with Gasteiger partial charge in [-0.3, -0.25) is 9.10 Å². The normalized spacial score (nSPS) is 11.4. The number of halogens is 1. The van der Waals surface area contributed by atoms with Crippen LogP contribution in [0.1, 0.15) is 5.56 Å².